The van der Waals surface area contributed by atoms with Gasteiger partial charge in [-0.25, -0.2) is 4.39 Å². The van der Waals surface area contributed by atoms with Crippen LogP contribution in [0.4, 0.5) is 4.39 Å². The molecule has 0 atom stereocenters. The molecule has 0 saturated carbocycles. The highest BCUT2D eigenvalue weighted by Crippen LogP contribution is 2.27. The number of carbonyl (C=O) groups excluding carboxylic acids is 1. The number of rotatable bonds is 2. The largest absolute Gasteiger partial charge is 0.494 e. The number of H-pyrrole nitrogens is 1. The number of aldehydes is 1. The maximum absolute atomic E-state index is 13.3. The molecule has 0 aliphatic carbocycles. The van der Waals surface area contributed by atoms with Gasteiger partial charge in [-0.05, 0) is 13.0 Å². The fourth-order valence-electron chi connectivity index (χ4n) is 1.66. The molecule has 1 heterocycles. The molecule has 2 rings (SSSR count). The van der Waals surface area contributed by atoms with Gasteiger partial charge < -0.3 is 9.72 Å². The zero-order valence-corrected chi connectivity index (χ0v) is 8.43. The molecule has 0 radical (unpaired) electrons. The van der Waals surface area contributed by atoms with E-state index in [0.29, 0.717) is 16.5 Å². The average Bonchev–Trinajstić information content (AvgIpc) is 2.51. The first-order valence-corrected chi connectivity index (χ1v) is 4.48. The van der Waals surface area contributed by atoms with Gasteiger partial charge >= 0.3 is 0 Å². The molecule has 2 aromatic rings. The van der Waals surface area contributed by atoms with E-state index in [4.69, 9.17) is 4.74 Å². The number of methoxy groups -OCH3 is 1. The second kappa shape index (κ2) is 3.38. The van der Waals surface area contributed by atoms with Crippen LogP contribution >= 0.6 is 0 Å². The van der Waals surface area contributed by atoms with Crippen molar-refractivity contribution in [3.63, 3.8) is 0 Å². The number of halogens is 1. The summed E-state index contributed by atoms with van der Waals surface area (Å²) < 4.78 is 18.2. The molecule has 1 N–H and O–H groups in total. The third-order valence-electron chi connectivity index (χ3n) is 2.43. The lowest BCUT2D eigenvalue weighted by atomic mass is 10.1. The summed E-state index contributed by atoms with van der Waals surface area (Å²) in [6, 6.07) is 2.85. The smallest absolute Gasteiger partial charge is 0.167 e. The summed E-state index contributed by atoms with van der Waals surface area (Å²) in [5, 5.41) is 0.681. The number of hydrogen-bond donors (Lipinski definition) is 1. The van der Waals surface area contributed by atoms with Gasteiger partial charge in [-0.2, -0.15) is 0 Å². The van der Waals surface area contributed by atoms with Gasteiger partial charge in [0, 0.05) is 28.2 Å². The molecule has 0 aliphatic heterocycles. The molecule has 15 heavy (non-hydrogen) atoms. The Balaban J connectivity index is 2.82. The van der Waals surface area contributed by atoms with E-state index in [1.165, 1.54) is 19.2 Å². The first kappa shape index (κ1) is 9.71. The Kier molecular flexibility index (Phi) is 2.19. The topological polar surface area (TPSA) is 42.1 Å². The molecular weight excluding hydrogens is 197 g/mol. The van der Waals surface area contributed by atoms with Gasteiger partial charge in [-0.1, -0.05) is 0 Å². The van der Waals surface area contributed by atoms with Gasteiger partial charge in [0.25, 0.3) is 0 Å². The van der Waals surface area contributed by atoms with Crippen LogP contribution in [0, 0.1) is 12.7 Å². The van der Waals surface area contributed by atoms with Crippen molar-refractivity contribution >= 4 is 17.2 Å². The van der Waals surface area contributed by atoms with Gasteiger partial charge in [0.05, 0.1) is 7.11 Å². The van der Waals surface area contributed by atoms with Crippen LogP contribution in [0.15, 0.2) is 12.1 Å². The molecule has 3 nitrogen and oxygen atoms in total. The van der Waals surface area contributed by atoms with Crippen molar-refractivity contribution in [2.24, 2.45) is 0 Å². The Morgan fingerprint density at radius 1 is 1.47 bits per heavy atom. The van der Waals surface area contributed by atoms with Crippen LogP contribution in [-0.4, -0.2) is 18.4 Å². The fourth-order valence-corrected chi connectivity index (χ4v) is 1.66. The number of ether oxygens (including phenoxy) is 1. The Morgan fingerprint density at radius 2 is 2.20 bits per heavy atom. The van der Waals surface area contributed by atoms with Crippen molar-refractivity contribution in [2.45, 2.75) is 6.92 Å². The highest BCUT2D eigenvalue weighted by atomic mass is 19.1. The van der Waals surface area contributed by atoms with Crippen molar-refractivity contribution in [3.05, 3.63) is 29.2 Å². The monoisotopic (exact) mass is 207 g/mol. The van der Waals surface area contributed by atoms with E-state index >= 15 is 0 Å². The van der Waals surface area contributed by atoms with E-state index in [1.54, 1.807) is 6.92 Å². The first-order valence-electron chi connectivity index (χ1n) is 4.48. The lowest BCUT2D eigenvalue weighted by Gasteiger charge is -2.01. The second-order valence-electron chi connectivity index (χ2n) is 3.31. The minimum Gasteiger partial charge on any atom is -0.494 e. The molecule has 78 valence electrons. The quantitative estimate of drug-likeness (QED) is 0.768. The molecule has 0 amide bonds. The number of nitrogens with one attached hydrogen (secondary N) is 1. The van der Waals surface area contributed by atoms with Gasteiger partial charge in [0.15, 0.2) is 17.9 Å². The van der Waals surface area contributed by atoms with E-state index in [-0.39, 0.29) is 5.75 Å². The summed E-state index contributed by atoms with van der Waals surface area (Å²) in [6.07, 6.45) is 0.755. The molecule has 0 bridgehead atoms. The zero-order chi connectivity index (χ0) is 11.0. The maximum atomic E-state index is 13.3. The number of hydrogen-bond acceptors (Lipinski definition) is 2. The third kappa shape index (κ3) is 1.38. The van der Waals surface area contributed by atoms with Crippen LogP contribution in [0.1, 0.15) is 16.1 Å². The SMILES string of the molecule is COc1cc2c(C=O)c(C)[nH]c2cc1F. The number of aryl methyl sites for hydroxylation is 1. The summed E-state index contributed by atoms with van der Waals surface area (Å²) in [6.45, 7) is 1.77. The van der Waals surface area contributed by atoms with Crippen LogP contribution in [0.5, 0.6) is 5.75 Å². The van der Waals surface area contributed by atoms with Gasteiger partial charge in [-0.15, -0.1) is 0 Å². The zero-order valence-electron chi connectivity index (χ0n) is 8.43. The number of aromatic nitrogens is 1. The van der Waals surface area contributed by atoms with Gasteiger partial charge in [0.2, 0.25) is 0 Å². The van der Waals surface area contributed by atoms with E-state index in [9.17, 15) is 9.18 Å². The lowest BCUT2D eigenvalue weighted by Crippen LogP contribution is -1.88. The summed E-state index contributed by atoms with van der Waals surface area (Å²) in [7, 11) is 1.39. The molecule has 1 aromatic carbocycles. The maximum Gasteiger partial charge on any atom is 0.167 e. The minimum absolute atomic E-state index is 0.143. The molecule has 1 aromatic heterocycles. The van der Waals surface area contributed by atoms with Crippen LogP contribution in [0.2, 0.25) is 0 Å². The van der Waals surface area contributed by atoms with Crippen LogP contribution in [-0.2, 0) is 0 Å². The Morgan fingerprint density at radius 3 is 2.80 bits per heavy atom. The summed E-state index contributed by atoms with van der Waals surface area (Å²) >= 11 is 0. The van der Waals surface area contributed by atoms with Crippen LogP contribution in [0.3, 0.4) is 0 Å². The third-order valence-corrected chi connectivity index (χ3v) is 2.43. The molecule has 0 fully saturated rings. The first-order chi connectivity index (χ1) is 7.17. The summed E-state index contributed by atoms with van der Waals surface area (Å²) in [5.74, 6) is -0.298. The Labute approximate surface area is 85.9 Å². The second-order valence-corrected chi connectivity index (χ2v) is 3.31. The minimum atomic E-state index is -0.441. The molecular formula is C11H10FNO2. The summed E-state index contributed by atoms with van der Waals surface area (Å²) in [4.78, 5) is 13.8. The molecule has 0 unspecified atom stereocenters. The van der Waals surface area contributed by atoms with Gasteiger partial charge in [0.1, 0.15) is 0 Å². The molecule has 0 spiro atoms. The van der Waals surface area contributed by atoms with Crippen molar-refractivity contribution in [2.75, 3.05) is 7.11 Å². The number of benzene rings is 1. The standard InChI is InChI=1S/C11H10FNO2/c1-6-8(5-14)7-3-11(15-2)9(12)4-10(7)13-6/h3-5,13H,1-2H3. The fraction of sp³-hybridized carbons (Fsp3) is 0.182. The van der Waals surface area contributed by atoms with Crippen LogP contribution in [0.25, 0.3) is 10.9 Å². The lowest BCUT2D eigenvalue weighted by molar-refractivity contribution is 0.112. The number of aromatic amines is 1. The molecule has 4 heteroatoms. The molecule has 0 saturated heterocycles. The van der Waals surface area contributed by atoms with Crippen molar-refractivity contribution in [1.82, 2.24) is 4.98 Å². The van der Waals surface area contributed by atoms with E-state index in [1.807, 2.05) is 0 Å². The van der Waals surface area contributed by atoms with E-state index in [2.05, 4.69) is 4.98 Å². The van der Waals surface area contributed by atoms with Crippen molar-refractivity contribution < 1.29 is 13.9 Å². The normalized spacial score (nSPS) is 10.6. The van der Waals surface area contributed by atoms with E-state index in [0.717, 1.165) is 12.0 Å². The van der Waals surface area contributed by atoms with Crippen molar-refractivity contribution in [1.29, 1.82) is 0 Å². The predicted octanol–water partition coefficient (Wildman–Crippen LogP) is 2.44. The predicted molar refractivity (Wildman–Crippen MR) is 54.9 cm³/mol. The molecule has 0 aliphatic rings. The highest BCUT2D eigenvalue weighted by Gasteiger charge is 2.11. The van der Waals surface area contributed by atoms with E-state index < -0.39 is 5.82 Å². The Bertz CT molecular complexity index is 531. The average molecular weight is 207 g/mol. The van der Waals surface area contributed by atoms with Gasteiger partial charge in [-0.3, -0.25) is 4.79 Å². The summed E-state index contributed by atoms with van der Waals surface area (Å²) in [5.41, 5.74) is 1.88. The highest BCUT2D eigenvalue weighted by molar-refractivity contribution is 5.99. The van der Waals surface area contributed by atoms with Crippen molar-refractivity contribution in [3.8, 4) is 5.75 Å². The number of carbonyl (C=O) groups is 1. The van der Waals surface area contributed by atoms with Crippen LogP contribution < -0.4 is 4.74 Å². The Hall–Kier alpha value is -1.84. The number of fused-ring (bicyclic) bond motifs is 1.